The van der Waals surface area contributed by atoms with Crippen LogP contribution in [0.2, 0.25) is 5.02 Å². The monoisotopic (exact) mass is 327 g/mol. The molecule has 5 heteroatoms. The molecule has 4 rings (SSSR count). The molecule has 1 saturated carbocycles. The van der Waals surface area contributed by atoms with Crippen LogP contribution in [0.1, 0.15) is 42.9 Å². The van der Waals surface area contributed by atoms with Crippen molar-refractivity contribution in [2.45, 2.75) is 38.5 Å². The number of benzene rings is 1. The largest absolute Gasteiger partial charge is 0.289 e. The highest BCUT2D eigenvalue weighted by Gasteiger charge is 2.24. The normalized spacial score (nSPS) is 15.6. The molecule has 0 amide bonds. The first-order chi connectivity index (χ1) is 11.1. The van der Waals surface area contributed by atoms with Gasteiger partial charge < -0.3 is 0 Å². The minimum absolute atomic E-state index is 0.0413. The fourth-order valence-electron chi connectivity index (χ4n) is 3.61. The summed E-state index contributed by atoms with van der Waals surface area (Å²) in [7, 11) is 0. The molecule has 3 aromatic rings. The highest BCUT2D eigenvalue weighted by atomic mass is 35.5. The molecule has 1 aliphatic carbocycles. The highest BCUT2D eigenvalue weighted by molar-refractivity contribution is 6.30. The number of rotatable bonds is 2. The van der Waals surface area contributed by atoms with Gasteiger partial charge in [0, 0.05) is 22.3 Å². The van der Waals surface area contributed by atoms with Crippen LogP contribution in [0.25, 0.3) is 16.9 Å². The number of hydrogen-bond acceptors (Lipinski definition) is 2. The summed E-state index contributed by atoms with van der Waals surface area (Å²) in [5.74, 6) is 0.356. The van der Waals surface area contributed by atoms with E-state index in [0.717, 1.165) is 35.4 Å². The lowest BCUT2D eigenvalue weighted by Gasteiger charge is -2.11. The van der Waals surface area contributed by atoms with Crippen molar-refractivity contribution in [3.63, 3.8) is 0 Å². The van der Waals surface area contributed by atoms with E-state index in [1.165, 1.54) is 12.8 Å². The van der Waals surface area contributed by atoms with Crippen LogP contribution in [0.5, 0.6) is 0 Å². The van der Waals surface area contributed by atoms with Gasteiger partial charge in [0.1, 0.15) is 0 Å². The Morgan fingerprint density at radius 1 is 1.22 bits per heavy atom. The van der Waals surface area contributed by atoms with Crippen molar-refractivity contribution in [1.29, 1.82) is 0 Å². The smallest absolute Gasteiger partial charge is 0.276 e. The molecular formula is C18H18ClN3O. The molecule has 1 aliphatic rings. The number of halogens is 1. The standard InChI is InChI=1S/C18H18ClN3O/c1-11-17(13-4-2-3-5-13)18(23)22-16(20-11)10-15(21-22)12-6-8-14(19)9-7-12/h6-10,13,21H,2-5H2,1H3. The van der Waals surface area contributed by atoms with Crippen LogP contribution in [0.15, 0.2) is 35.1 Å². The van der Waals surface area contributed by atoms with Gasteiger partial charge in [0.05, 0.1) is 5.69 Å². The topological polar surface area (TPSA) is 50.2 Å². The van der Waals surface area contributed by atoms with Gasteiger partial charge in [-0.2, -0.15) is 0 Å². The van der Waals surface area contributed by atoms with Gasteiger partial charge in [-0.05, 0) is 43.4 Å². The summed E-state index contributed by atoms with van der Waals surface area (Å²) in [5, 5.41) is 3.88. The van der Waals surface area contributed by atoms with E-state index >= 15 is 0 Å². The third-order valence-corrected chi connectivity index (χ3v) is 5.01. The fraction of sp³-hybridized carbons (Fsp3) is 0.333. The average Bonchev–Trinajstić information content (AvgIpc) is 3.17. The summed E-state index contributed by atoms with van der Waals surface area (Å²) in [5.41, 5.74) is 4.31. The summed E-state index contributed by atoms with van der Waals surface area (Å²) in [6.45, 7) is 1.95. The van der Waals surface area contributed by atoms with E-state index in [9.17, 15) is 4.79 Å². The first-order valence-electron chi connectivity index (χ1n) is 8.02. The van der Waals surface area contributed by atoms with Gasteiger partial charge >= 0.3 is 0 Å². The van der Waals surface area contributed by atoms with E-state index < -0.39 is 0 Å². The predicted octanol–water partition coefficient (Wildman–Crippen LogP) is 4.31. The molecule has 1 aromatic carbocycles. The van der Waals surface area contributed by atoms with Gasteiger partial charge in [0.15, 0.2) is 5.65 Å². The van der Waals surface area contributed by atoms with E-state index in [2.05, 4.69) is 10.1 Å². The Bertz CT molecular complexity index is 918. The molecule has 2 heterocycles. The minimum atomic E-state index is 0.0413. The molecule has 0 bridgehead atoms. The van der Waals surface area contributed by atoms with Crippen LogP contribution in [-0.4, -0.2) is 14.6 Å². The third-order valence-electron chi connectivity index (χ3n) is 4.76. The predicted molar refractivity (Wildman–Crippen MR) is 92.2 cm³/mol. The van der Waals surface area contributed by atoms with Crippen molar-refractivity contribution >= 4 is 17.2 Å². The second kappa shape index (κ2) is 5.53. The van der Waals surface area contributed by atoms with Crippen molar-refractivity contribution in [1.82, 2.24) is 14.6 Å². The molecule has 4 nitrogen and oxygen atoms in total. The number of aromatic amines is 1. The number of H-pyrrole nitrogens is 1. The maximum atomic E-state index is 12.9. The molecule has 1 fully saturated rings. The fourth-order valence-corrected chi connectivity index (χ4v) is 3.74. The maximum absolute atomic E-state index is 12.9. The Balaban J connectivity index is 1.87. The van der Waals surface area contributed by atoms with Crippen molar-refractivity contribution in [2.75, 3.05) is 0 Å². The van der Waals surface area contributed by atoms with Gasteiger partial charge in [-0.25, -0.2) is 9.50 Å². The quantitative estimate of drug-likeness (QED) is 0.762. The molecular weight excluding hydrogens is 310 g/mol. The number of fused-ring (bicyclic) bond motifs is 1. The minimum Gasteiger partial charge on any atom is -0.289 e. The zero-order valence-electron chi connectivity index (χ0n) is 13.0. The van der Waals surface area contributed by atoms with Crippen LogP contribution in [-0.2, 0) is 0 Å². The van der Waals surface area contributed by atoms with Crippen LogP contribution >= 0.6 is 11.6 Å². The maximum Gasteiger partial charge on any atom is 0.276 e. The van der Waals surface area contributed by atoms with Crippen molar-refractivity contribution in [2.24, 2.45) is 0 Å². The number of nitrogens with zero attached hydrogens (tertiary/aromatic N) is 2. The average molecular weight is 328 g/mol. The molecule has 0 saturated heterocycles. The molecule has 118 valence electrons. The zero-order valence-corrected chi connectivity index (χ0v) is 13.7. The first-order valence-corrected chi connectivity index (χ1v) is 8.39. The molecule has 2 aromatic heterocycles. The Labute approximate surface area is 139 Å². The Morgan fingerprint density at radius 3 is 2.61 bits per heavy atom. The number of aryl methyl sites for hydroxylation is 1. The summed E-state index contributed by atoms with van der Waals surface area (Å²) in [4.78, 5) is 17.6. The van der Waals surface area contributed by atoms with E-state index in [0.29, 0.717) is 16.6 Å². The Morgan fingerprint density at radius 2 is 1.91 bits per heavy atom. The molecule has 0 aliphatic heterocycles. The number of aromatic nitrogens is 3. The second-order valence-electron chi connectivity index (χ2n) is 6.27. The van der Waals surface area contributed by atoms with E-state index in [4.69, 9.17) is 11.6 Å². The molecule has 1 N–H and O–H groups in total. The number of nitrogens with one attached hydrogen (secondary N) is 1. The zero-order chi connectivity index (χ0) is 16.0. The van der Waals surface area contributed by atoms with E-state index in [-0.39, 0.29) is 5.56 Å². The van der Waals surface area contributed by atoms with Gasteiger partial charge in [-0.15, -0.1) is 0 Å². The SMILES string of the molecule is Cc1nc2cc(-c3ccc(Cl)cc3)[nH]n2c(=O)c1C1CCCC1. The lowest BCUT2D eigenvalue weighted by atomic mass is 9.98. The van der Waals surface area contributed by atoms with Gasteiger partial charge in [-0.3, -0.25) is 9.89 Å². The first kappa shape index (κ1) is 14.5. The van der Waals surface area contributed by atoms with Gasteiger partial charge in [0.2, 0.25) is 0 Å². The van der Waals surface area contributed by atoms with Crippen LogP contribution in [0.4, 0.5) is 0 Å². The molecule has 0 radical (unpaired) electrons. The van der Waals surface area contributed by atoms with E-state index in [1.54, 1.807) is 4.52 Å². The molecule has 0 atom stereocenters. The van der Waals surface area contributed by atoms with Crippen molar-refractivity contribution in [3.8, 4) is 11.3 Å². The molecule has 0 spiro atoms. The van der Waals surface area contributed by atoms with Crippen molar-refractivity contribution in [3.05, 3.63) is 57.0 Å². The number of hydrogen-bond donors (Lipinski definition) is 1. The second-order valence-corrected chi connectivity index (χ2v) is 6.70. The Hall–Kier alpha value is -2.07. The van der Waals surface area contributed by atoms with Gasteiger partial charge in [-0.1, -0.05) is 36.6 Å². The van der Waals surface area contributed by atoms with Crippen molar-refractivity contribution < 1.29 is 0 Å². The van der Waals surface area contributed by atoms with Crippen LogP contribution in [0, 0.1) is 6.92 Å². The van der Waals surface area contributed by atoms with Gasteiger partial charge in [0.25, 0.3) is 5.56 Å². The highest BCUT2D eigenvalue weighted by Crippen LogP contribution is 2.33. The summed E-state index contributed by atoms with van der Waals surface area (Å²) >= 11 is 5.94. The molecule has 23 heavy (non-hydrogen) atoms. The lowest BCUT2D eigenvalue weighted by molar-refractivity contribution is 0.687. The molecule has 0 unspecified atom stereocenters. The van der Waals surface area contributed by atoms with Crippen LogP contribution < -0.4 is 5.56 Å². The summed E-state index contributed by atoms with van der Waals surface area (Å²) in [6.07, 6.45) is 4.59. The Kier molecular flexibility index (Phi) is 3.49. The lowest BCUT2D eigenvalue weighted by Crippen LogP contribution is -2.23. The van der Waals surface area contributed by atoms with Crippen LogP contribution in [0.3, 0.4) is 0 Å². The summed E-state index contributed by atoms with van der Waals surface area (Å²) < 4.78 is 1.57. The summed E-state index contributed by atoms with van der Waals surface area (Å²) in [6, 6.07) is 9.46. The van der Waals surface area contributed by atoms with E-state index in [1.807, 2.05) is 37.3 Å². The third kappa shape index (κ3) is 2.47.